The van der Waals surface area contributed by atoms with Crippen LogP contribution in [0.4, 0.5) is 11.4 Å². The zero-order chi connectivity index (χ0) is 32.5. The molecule has 0 unspecified atom stereocenters. The Balaban J connectivity index is 1.34. The minimum absolute atomic E-state index is 0.133. The Labute approximate surface area is 281 Å². The van der Waals surface area contributed by atoms with Gasteiger partial charge in [0, 0.05) is 0 Å². The van der Waals surface area contributed by atoms with Gasteiger partial charge in [-0.2, -0.15) is 0 Å². The topological polar surface area (TPSA) is 6.48 Å². The van der Waals surface area contributed by atoms with Gasteiger partial charge in [0.2, 0.25) is 0 Å². The van der Waals surface area contributed by atoms with Gasteiger partial charge in [0.15, 0.2) is 0 Å². The molecule has 4 aliphatic rings. The minimum atomic E-state index is -1.66. The van der Waals surface area contributed by atoms with Crippen molar-refractivity contribution in [3.8, 4) is 11.1 Å². The van der Waals surface area contributed by atoms with Crippen molar-refractivity contribution in [3.05, 3.63) is 48.5 Å². The van der Waals surface area contributed by atoms with Gasteiger partial charge in [-0.15, -0.1) is 0 Å². The van der Waals surface area contributed by atoms with Crippen LogP contribution >= 0.6 is 30.3 Å². The molecular weight excluding hydrogens is 620 g/mol. The van der Waals surface area contributed by atoms with E-state index >= 15 is 0 Å². The van der Waals surface area contributed by atoms with Crippen molar-refractivity contribution in [1.82, 2.24) is 0 Å². The first-order valence-corrected chi connectivity index (χ1v) is 28.1. The number of rotatable bonds is 7. The van der Waals surface area contributed by atoms with E-state index in [1.54, 1.807) is 5.69 Å². The number of benzene rings is 2. The second-order valence-electron chi connectivity index (χ2n) is 17.2. The molecule has 0 amide bonds. The van der Waals surface area contributed by atoms with E-state index < -0.39 is 22.2 Å². The molecule has 254 valence electrons. The molecule has 8 atom stereocenters. The van der Waals surface area contributed by atoms with Crippen molar-refractivity contribution in [2.24, 2.45) is 0 Å². The predicted octanol–water partition coefficient (Wildman–Crippen LogP) is 12.5. The Hall–Kier alpha value is -0.240. The molecule has 0 spiro atoms. The fourth-order valence-corrected chi connectivity index (χ4v) is 37.1. The summed E-state index contributed by atoms with van der Waals surface area (Å²) in [6, 6.07) is 20.0. The molecule has 45 heavy (non-hydrogen) atoms. The van der Waals surface area contributed by atoms with Gasteiger partial charge in [0.25, 0.3) is 0 Å². The van der Waals surface area contributed by atoms with E-state index in [-0.39, 0.29) is 8.07 Å². The molecule has 6 rings (SSSR count). The van der Waals surface area contributed by atoms with Crippen LogP contribution in [0.3, 0.4) is 0 Å². The van der Waals surface area contributed by atoms with E-state index in [1.807, 2.05) is 0 Å². The Kier molecular flexibility index (Phi) is 9.92. The summed E-state index contributed by atoms with van der Waals surface area (Å²) in [5.41, 5.74) is 12.8. The van der Waals surface area contributed by atoms with Gasteiger partial charge in [-0.1, -0.05) is 0 Å². The third-order valence-electron chi connectivity index (χ3n) is 15.2. The van der Waals surface area contributed by atoms with Gasteiger partial charge in [0.05, 0.1) is 0 Å². The molecule has 2 aromatic carbocycles. The normalized spacial score (nSPS) is 37.8. The standard InChI is InChI=1S/C39H68N2P4/c1-28-12-13-29(2)42(28)40(43(9)30(3)14-15-31(43)4)38-24-20-36(21-25-38)37-22-26-39(27-23-37)41(44(10)32(5)16-17-33(44)6)45(11)34(7)18-19-35(45)8/h20-35,43-45H,12-19H2,1-11H3/t28-,29-,30-,31-,32-,33-,34-,35-/m0/s1. The molecule has 0 bridgehead atoms. The zero-order valence-electron chi connectivity index (χ0n) is 30.7. The summed E-state index contributed by atoms with van der Waals surface area (Å²) in [6.45, 7) is 29.0. The molecule has 0 radical (unpaired) electrons. The van der Waals surface area contributed by atoms with Gasteiger partial charge < -0.3 is 0 Å². The molecule has 0 N–H and O–H groups in total. The molecule has 0 aliphatic carbocycles. The van der Waals surface area contributed by atoms with Crippen molar-refractivity contribution < 1.29 is 0 Å². The molecule has 0 saturated carbocycles. The first kappa shape index (κ1) is 34.6. The molecule has 0 aromatic heterocycles. The first-order chi connectivity index (χ1) is 21.2. The fourth-order valence-electron chi connectivity index (χ4n) is 10.9. The van der Waals surface area contributed by atoms with Crippen molar-refractivity contribution in [1.29, 1.82) is 0 Å². The third kappa shape index (κ3) is 5.50. The summed E-state index contributed by atoms with van der Waals surface area (Å²) in [6.07, 6.45) is 11.4. The maximum absolute atomic E-state index is 3.23. The van der Waals surface area contributed by atoms with E-state index in [1.165, 1.54) is 68.2 Å². The summed E-state index contributed by atoms with van der Waals surface area (Å²) in [5.74, 6) is 0. The fraction of sp³-hybridized carbons (Fsp3) is 0.692. The van der Waals surface area contributed by atoms with Crippen molar-refractivity contribution in [3.63, 3.8) is 0 Å². The van der Waals surface area contributed by atoms with E-state index in [0.29, 0.717) is 0 Å². The number of hydrogen-bond donors (Lipinski definition) is 0. The maximum atomic E-state index is 3.23. The third-order valence-corrected chi connectivity index (χ3v) is 40.4. The molecule has 2 nitrogen and oxygen atoms in total. The van der Waals surface area contributed by atoms with Crippen molar-refractivity contribution >= 4 is 41.7 Å². The van der Waals surface area contributed by atoms with Crippen molar-refractivity contribution in [2.75, 3.05) is 28.9 Å². The second-order valence-corrected chi connectivity index (χ2v) is 35.6. The van der Waals surface area contributed by atoms with Crippen LogP contribution in [0, 0.1) is 0 Å². The van der Waals surface area contributed by atoms with E-state index in [9.17, 15) is 0 Å². The van der Waals surface area contributed by atoms with Crippen LogP contribution in [0.2, 0.25) is 0 Å². The number of hydrogen-bond acceptors (Lipinski definition) is 2. The average Bonchev–Trinajstić information content (AvgIpc) is 3.67. The molecule has 6 heteroatoms. The summed E-state index contributed by atoms with van der Waals surface area (Å²) >= 11 is 0. The molecule has 4 fully saturated rings. The number of anilines is 2. The number of nitrogens with zero attached hydrogens (tertiary/aromatic N) is 2. The average molecular weight is 689 g/mol. The van der Waals surface area contributed by atoms with Gasteiger partial charge in [-0.05, 0) is 0 Å². The van der Waals surface area contributed by atoms with Crippen LogP contribution in [0.15, 0.2) is 48.5 Å². The van der Waals surface area contributed by atoms with Crippen LogP contribution < -0.4 is 8.88 Å². The van der Waals surface area contributed by atoms with Crippen LogP contribution in [-0.2, 0) is 0 Å². The molecule has 4 aliphatic heterocycles. The predicted molar refractivity (Wildman–Crippen MR) is 219 cm³/mol. The first-order valence-electron chi connectivity index (χ1n) is 18.8. The van der Waals surface area contributed by atoms with Crippen LogP contribution in [-0.4, -0.2) is 65.3 Å². The summed E-state index contributed by atoms with van der Waals surface area (Å²) in [4.78, 5) is 0. The van der Waals surface area contributed by atoms with Gasteiger partial charge in [0.1, 0.15) is 0 Å². The van der Waals surface area contributed by atoms with Crippen LogP contribution in [0.5, 0.6) is 0 Å². The van der Waals surface area contributed by atoms with Crippen LogP contribution in [0.25, 0.3) is 11.1 Å². The molecule has 4 heterocycles. The van der Waals surface area contributed by atoms with E-state index in [4.69, 9.17) is 0 Å². The van der Waals surface area contributed by atoms with E-state index in [0.717, 1.165) is 45.3 Å². The summed E-state index contributed by atoms with van der Waals surface area (Å²) in [5, 5.41) is 0. The second kappa shape index (κ2) is 12.9. The Morgan fingerprint density at radius 1 is 0.444 bits per heavy atom. The Bertz CT molecular complexity index is 1260. The van der Waals surface area contributed by atoms with Gasteiger partial charge in [-0.3, -0.25) is 0 Å². The van der Waals surface area contributed by atoms with Crippen molar-refractivity contribution in [2.45, 2.75) is 152 Å². The van der Waals surface area contributed by atoms with Gasteiger partial charge >= 0.3 is 282 Å². The molecule has 2 aromatic rings. The van der Waals surface area contributed by atoms with Gasteiger partial charge in [-0.25, -0.2) is 0 Å². The molecule has 4 saturated heterocycles. The SMILES string of the molecule is C[C@H]1CC[C@H](C)P1N(c1ccc(-c2ccc(N([PH]3(C)[C@@H](C)CC[C@@H]3C)[PH]3(C)[C@@H](C)CC[C@@H]3C)cc2)cc1)[PH]1(C)[C@@H](C)CC[C@@H]1C. The Morgan fingerprint density at radius 2 is 0.756 bits per heavy atom. The summed E-state index contributed by atoms with van der Waals surface area (Å²) in [7, 11) is -5.08. The molecular formula is C39H68N2P4. The quantitative estimate of drug-likeness (QED) is 0.267. The monoisotopic (exact) mass is 688 g/mol. The summed E-state index contributed by atoms with van der Waals surface area (Å²) < 4.78 is 6.37. The van der Waals surface area contributed by atoms with Crippen LogP contribution in [0.1, 0.15) is 107 Å². The zero-order valence-corrected chi connectivity index (χ0v) is 34.6. The Morgan fingerprint density at radius 3 is 1.11 bits per heavy atom. The van der Waals surface area contributed by atoms with E-state index in [2.05, 4.69) is 133 Å².